The van der Waals surface area contributed by atoms with Crippen molar-refractivity contribution in [3.63, 3.8) is 0 Å². The molecular formula is C44H65BrO13. The monoisotopic (exact) mass is 880 g/mol. The average molecular weight is 882 g/mol. The van der Waals surface area contributed by atoms with Crippen LogP contribution < -0.4 is 0 Å². The summed E-state index contributed by atoms with van der Waals surface area (Å²) in [6, 6.07) is 8.21. The van der Waals surface area contributed by atoms with E-state index in [0.29, 0.717) is 25.9 Å². The van der Waals surface area contributed by atoms with E-state index in [1.165, 1.54) is 18.7 Å². The average Bonchev–Trinajstić information content (AvgIpc) is 3.18. The van der Waals surface area contributed by atoms with Gasteiger partial charge in [0.1, 0.15) is 6.10 Å². The van der Waals surface area contributed by atoms with E-state index in [1.807, 2.05) is 12.1 Å². The third-order valence-corrected chi connectivity index (χ3v) is 11.6. The molecule has 4 bridgehead atoms. The van der Waals surface area contributed by atoms with E-state index in [2.05, 4.69) is 35.0 Å². The van der Waals surface area contributed by atoms with Gasteiger partial charge < -0.3 is 48.5 Å². The number of cyclic esters (lactones) is 1. The lowest BCUT2D eigenvalue weighted by Gasteiger charge is -2.51. The number of benzene rings is 1. The molecule has 0 radical (unpaired) electrons. The molecule has 3 heterocycles. The number of fused-ring (bicyclic) bond motifs is 4. The second-order valence-corrected chi connectivity index (χ2v) is 17.1. The van der Waals surface area contributed by atoms with Gasteiger partial charge in [-0.2, -0.15) is 0 Å². The van der Waals surface area contributed by atoms with Gasteiger partial charge in [0, 0.05) is 35.4 Å². The number of aliphatic hydroxyl groups excluding tert-OH is 2. The van der Waals surface area contributed by atoms with E-state index in [9.17, 15) is 29.7 Å². The Morgan fingerprint density at radius 1 is 0.966 bits per heavy atom. The molecule has 1 aromatic rings. The van der Waals surface area contributed by atoms with Crippen molar-refractivity contribution in [2.75, 3.05) is 26.9 Å². The number of hydrogen-bond donors (Lipinski definition) is 3. The fraction of sp³-hybridized carbons (Fsp3) is 0.705. The van der Waals surface area contributed by atoms with Gasteiger partial charge in [0.15, 0.2) is 12.4 Å². The Kier molecular flexibility index (Phi) is 19.8. The van der Waals surface area contributed by atoms with E-state index in [0.717, 1.165) is 49.4 Å². The van der Waals surface area contributed by atoms with Crippen molar-refractivity contribution in [3.8, 4) is 0 Å². The van der Waals surface area contributed by atoms with Gasteiger partial charge in [-0.15, -0.1) is 0 Å². The summed E-state index contributed by atoms with van der Waals surface area (Å²) < 4.78 is 42.8. The summed E-state index contributed by atoms with van der Waals surface area (Å²) in [6.45, 7) is 5.59. The van der Waals surface area contributed by atoms with Gasteiger partial charge in [-0.05, 0) is 80.7 Å². The summed E-state index contributed by atoms with van der Waals surface area (Å²) >= 11 is 3.49. The molecular weight excluding hydrogens is 816 g/mol. The van der Waals surface area contributed by atoms with Gasteiger partial charge in [-0.1, -0.05) is 80.6 Å². The largest absolute Gasteiger partial charge is 0.466 e. The standard InChI is InChI=1S/C44H65BrO13/c1-5-6-7-8-9-13-38(48)57-42-31(25-39(49)52-4)24-36-28-37(29-46)55-40(50)26-33(47)19-22-53-34(12-10-11-30-14-16-32(45)17-15-30)27-35-20-23-54-41(56-35)18-21-43(2,3)44(42,51)58-36/h14-18,21,25,33-37,41-42,46-47,51H,5-13,19-20,22-24,26-29H2,1-4H3/b21-18+,31-25+/t33-,34-,35+,36?,37-,41+,42+,44-/m1/s1. The molecule has 0 aromatic heterocycles. The summed E-state index contributed by atoms with van der Waals surface area (Å²) in [5.41, 5.74) is 0.132. The number of halogens is 1. The van der Waals surface area contributed by atoms with Crippen LogP contribution in [0.3, 0.4) is 0 Å². The molecule has 0 aliphatic carbocycles. The van der Waals surface area contributed by atoms with Gasteiger partial charge in [-0.25, -0.2) is 4.79 Å². The molecule has 2 saturated heterocycles. The van der Waals surface area contributed by atoms with Crippen molar-refractivity contribution in [1.29, 1.82) is 0 Å². The van der Waals surface area contributed by atoms with Gasteiger partial charge >= 0.3 is 17.9 Å². The highest BCUT2D eigenvalue weighted by atomic mass is 79.9. The smallest absolute Gasteiger partial charge is 0.330 e. The van der Waals surface area contributed by atoms with Crippen molar-refractivity contribution in [2.24, 2.45) is 5.41 Å². The number of esters is 3. The number of aliphatic hydroxyl groups is 3. The molecule has 0 spiro atoms. The van der Waals surface area contributed by atoms with E-state index in [4.69, 9.17) is 33.2 Å². The molecule has 0 amide bonds. The highest BCUT2D eigenvalue weighted by Gasteiger charge is 2.57. The number of hydrogen-bond acceptors (Lipinski definition) is 13. The molecule has 326 valence electrons. The van der Waals surface area contributed by atoms with E-state index in [1.54, 1.807) is 26.0 Å². The Morgan fingerprint density at radius 2 is 1.69 bits per heavy atom. The van der Waals surface area contributed by atoms with Crippen LogP contribution in [0.25, 0.3) is 0 Å². The van der Waals surface area contributed by atoms with E-state index >= 15 is 0 Å². The first-order valence-corrected chi connectivity index (χ1v) is 21.7. The summed E-state index contributed by atoms with van der Waals surface area (Å²) in [7, 11) is 1.22. The zero-order chi connectivity index (χ0) is 42.1. The highest BCUT2D eigenvalue weighted by Crippen LogP contribution is 2.47. The molecule has 58 heavy (non-hydrogen) atoms. The topological polar surface area (TPSA) is 177 Å². The number of aryl methyl sites for hydroxylation is 1. The van der Waals surface area contributed by atoms with Crippen molar-refractivity contribution < 1.29 is 62.9 Å². The van der Waals surface area contributed by atoms with Crippen LogP contribution in [0.1, 0.15) is 116 Å². The highest BCUT2D eigenvalue weighted by molar-refractivity contribution is 9.10. The first-order valence-electron chi connectivity index (χ1n) is 20.9. The first kappa shape index (κ1) is 48.0. The molecule has 2 fully saturated rings. The van der Waals surface area contributed by atoms with Crippen LogP contribution in [0.4, 0.5) is 0 Å². The predicted octanol–water partition coefficient (Wildman–Crippen LogP) is 6.56. The molecule has 4 rings (SSSR count). The minimum Gasteiger partial charge on any atom is -0.466 e. The molecule has 8 atom stereocenters. The lowest BCUT2D eigenvalue weighted by atomic mass is 9.74. The lowest BCUT2D eigenvalue weighted by Crippen LogP contribution is -2.62. The lowest BCUT2D eigenvalue weighted by molar-refractivity contribution is -0.327. The number of carbonyl (C=O) groups excluding carboxylic acids is 3. The summed E-state index contributed by atoms with van der Waals surface area (Å²) in [5, 5.41) is 33.8. The third-order valence-electron chi connectivity index (χ3n) is 11.0. The fourth-order valence-electron chi connectivity index (χ4n) is 7.59. The maximum absolute atomic E-state index is 13.4. The molecule has 3 aliphatic heterocycles. The second-order valence-electron chi connectivity index (χ2n) is 16.2. The van der Waals surface area contributed by atoms with Crippen molar-refractivity contribution in [1.82, 2.24) is 0 Å². The normalized spacial score (nSPS) is 31.1. The Morgan fingerprint density at radius 3 is 2.41 bits per heavy atom. The molecule has 1 aromatic carbocycles. The van der Waals surface area contributed by atoms with Crippen molar-refractivity contribution >= 4 is 33.8 Å². The van der Waals surface area contributed by atoms with Crippen LogP contribution in [0.2, 0.25) is 0 Å². The second kappa shape index (κ2) is 23.9. The zero-order valence-corrected chi connectivity index (χ0v) is 36.2. The number of rotatable bonds is 13. The van der Waals surface area contributed by atoms with Crippen LogP contribution in [0, 0.1) is 5.41 Å². The van der Waals surface area contributed by atoms with E-state index < -0.39 is 66.4 Å². The van der Waals surface area contributed by atoms with Crippen molar-refractivity contribution in [2.45, 2.75) is 166 Å². The number of methoxy groups -OCH3 is 1. The van der Waals surface area contributed by atoms with Gasteiger partial charge in [0.2, 0.25) is 5.79 Å². The summed E-state index contributed by atoms with van der Waals surface area (Å²) in [5.74, 6) is -4.28. The SMILES string of the molecule is CCCCCCCC(=O)O[C@H]1/C(=C/C(=O)OC)CC2C[C@H](CO)OC(=O)C[C@H](O)CCO[C@H](CCCc3ccc(Br)cc3)C[C@@H]3CCO[C@H](/C=C/C(C)(C)[C@]1(O)O2)O3. The summed E-state index contributed by atoms with van der Waals surface area (Å²) in [6.07, 6.45) is 6.99. The van der Waals surface area contributed by atoms with Crippen LogP contribution in [-0.4, -0.2) is 109 Å². The molecule has 0 saturated carbocycles. The number of unbranched alkanes of at least 4 members (excludes halogenated alkanes) is 4. The van der Waals surface area contributed by atoms with Crippen LogP contribution in [-0.2, 0) is 54.0 Å². The Labute approximate surface area is 351 Å². The van der Waals surface area contributed by atoms with Crippen LogP contribution >= 0.6 is 15.9 Å². The van der Waals surface area contributed by atoms with Gasteiger partial charge in [-0.3, -0.25) is 9.59 Å². The number of ether oxygens (including phenoxy) is 7. The molecule has 14 heteroatoms. The van der Waals surface area contributed by atoms with Gasteiger partial charge in [0.05, 0.1) is 51.2 Å². The van der Waals surface area contributed by atoms with E-state index in [-0.39, 0.29) is 56.5 Å². The summed E-state index contributed by atoms with van der Waals surface area (Å²) in [4.78, 5) is 39.1. The Hall–Kier alpha value is -2.69. The third kappa shape index (κ3) is 15.1. The minimum atomic E-state index is -2.27. The quantitative estimate of drug-likeness (QED) is 0.0639. The Balaban J connectivity index is 1.63. The molecule has 1 unspecified atom stereocenters. The van der Waals surface area contributed by atoms with Crippen LogP contribution in [0.15, 0.2) is 52.5 Å². The fourth-order valence-corrected chi connectivity index (χ4v) is 7.85. The maximum Gasteiger partial charge on any atom is 0.330 e. The molecule has 13 nitrogen and oxygen atoms in total. The zero-order valence-electron chi connectivity index (χ0n) is 34.6. The first-order chi connectivity index (χ1) is 27.7. The Bertz CT molecular complexity index is 1500. The van der Waals surface area contributed by atoms with Gasteiger partial charge in [0.25, 0.3) is 0 Å². The number of carbonyl (C=O) groups is 3. The minimum absolute atomic E-state index is 0.0134. The molecule has 3 aliphatic rings. The predicted molar refractivity (Wildman–Crippen MR) is 218 cm³/mol. The van der Waals surface area contributed by atoms with Crippen LogP contribution in [0.5, 0.6) is 0 Å². The maximum atomic E-state index is 13.4. The van der Waals surface area contributed by atoms with Crippen molar-refractivity contribution in [3.05, 3.63) is 58.1 Å². The molecule has 3 N–H and O–H groups in total.